The molecule has 0 saturated carbocycles. The van der Waals surface area contributed by atoms with Crippen LogP contribution >= 0.6 is 0 Å². The molecule has 6 N–H and O–H groups in total. The summed E-state index contributed by atoms with van der Waals surface area (Å²) in [6.07, 6.45) is 4.04. The Morgan fingerprint density at radius 3 is 2.62 bits per heavy atom. The quantitative estimate of drug-likeness (QED) is 0.312. The maximum Gasteiger partial charge on any atom is 0.451 e. The zero-order valence-electron chi connectivity index (χ0n) is 14.2. The summed E-state index contributed by atoms with van der Waals surface area (Å²) in [5, 5.41) is 30.1. The highest BCUT2D eigenvalue weighted by molar-refractivity contribution is 6.40. The molecule has 0 bridgehead atoms. The van der Waals surface area contributed by atoms with Gasteiger partial charge in [0, 0.05) is 26.1 Å². The summed E-state index contributed by atoms with van der Waals surface area (Å²) in [5.41, 5.74) is 5.62. The molecule has 9 heteroatoms. The first kappa shape index (κ1) is 20.9. The van der Waals surface area contributed by atoms with Crippen molar-refractivity contribution in [3.63, 3.8) is 0 Å². The fourth-order valence-corrected chi connectivity index (χ4v) is 3.14. The molecular formula is C15H30BN3O5. The lowest BCUT2D eigenvalue weighted by molar-refractivity contribution is -0.140. The molecule has 1 heterocycles. The molecule has 1 saturated heterocycles. The van der Waals surface area contributed by atoms with Gasteiger partial charge in [-0.3, -0.25) is 9.59 Å². The van der Waals surface area contributed by atoms with Gasteiger partial charge in [0.25, 0.3) is 0 Å². The molecule has 1 unspecified atom stereocenters. The zero-order valence-corrected chi connectivity index (χ0v) is 14.2. The van der Waals surface area contributed by atoms with Gasteiger partial charge in [-0.25, -0.2) is 0 Å². The number of nitrogens with zero attached hydrogens (tertiary/aromatic N) is 1. The number of carboxylic acids is 1. The van der Waals surface area contributed by atoms with Crippen LogP contribution in [0.5, 0.6) is 0 Å². The molecule has 1 aliphatic rings. The monoisotopic (exact) mass is 343 g/mol. The van der Waals surface area contributed by atoms with Gasteiger partial charge in [0.15, 0.2) is 0 Å². The molecule has 1 aliphatic heterocycles. The van der Waals surface area contributed by atoms with E-state index in [1.54, 1.807) is 4.90 Å². The molecule has 0 aromatic carbocycles. The number of carbonyl (C=O) groups excluding carboxylic acids is 1. The van der Waals surface area contributed by atoms with Crippen LogP contribution in [0.25, 0.3) is 0 Å². The van der Waals surface area contributed by atoms with Crippen LogP contribution in [-0.2, 0) is 9.59 Å². The average molecular weight is 343 g/mol. The highest BCUT2D eigenvalue weighted by atomic mass is 16.4. The molecule has 1 rings (SSSR count). The van der Waals surface area contributed by atoms with Crippen molar-refractivity contribution in [3.05, 3.63) is 0 Å². The standard InChI is InChI=1S/C15H30BN3O5/c17-7-9-19(15(22)13-5-1-2-8-18-13)11-12(10-14(20)21)4-3-6-16(23)24/h12-13,18,23-24H,1-11,17H2,(H,20,21)/t12?,13-/m0/s1. The van der Waals surface area contributed by atoms with Gasteiger partial charge in [-0.15, -0.1) is 0 Å². The highest BCUT2D eigenvalue weighted by Gasteiger charge is 2.27. The second-order valence-electron chi connectivity index (χ2n) is 6.45. The number of carbonyl (C=O) groups is 2. The van der Waals surface area contributed by atoms with E-state index in [1.807, 2.05) is 0 Å². The van der Waals surface area contributed by atoms with Gasteiger partial charge in [0.05, 0.1) is 6.04 Å². The minimum atomic E-state index is -1.39. The van der Waals surface area contributed by atoms with Gasteiger partial charge in [-0.2, -0.15) is 0 Å². The van der Waals surface area contributed by atoms with Crippen LogP contribution in [0, 0.1) is 5.92 Å². The van der Waals surface area contributed by atoms with Gasteiger partial charge in [-0.05, 0) is 38.0 Å². The average Bonchev–Trinajstić information content (AvgIpc) is 2.53. The molecule has 0 aromatic rings. The van der Waals surface area contributed by atoms with Crippen molar-refractivity contribution in [1.82, 2.24) is 10.2 Å². The normalized spacial score (nSPS) is 18.9. The van der Waals surface area contributed by atoms with Crippen LogP contribution < -0.4 is 11.1 Å². The number of hydrogen-bond acceptors (Lipinski definition) is 6. The zero-order chi connectivity index (χ0) is 17.9. The molecule has 0 spiro atoms. The van der Waals surface area contributed by atoms with E-state index < -0.39 is 13.1 Å². The molecule has 0 aromatic heterocycles. The van der Waals surface area contributed by atoms with Gasteiger partial charge in [-0.1, -0.05) is 12.8 Å². The van der Waals surface area contributed by atoms with Crippen LogP contribution in [0.4, 0.5) is 0 Å². The lowest BCUT2D eigenvalue weighted by Gasteiger charge is -2.32. The van der Waals surface area contributed by atoms with E-state index >= 15 is 0 Å². The van der Waals surface area contributed by atoms with Crippen molar-refractivity contribution in [3.8, 4) is 0 Å². The molecule has 0 radical (unpaired) electrons. The fourth-order valence-electron chi connectivity index (χ4n) is 3.14. The molecule has 1 amide bonds. The third kappa shape index (κ3) is 8.10. The summed E-state index contributed by atoms with van der Waals surface area (Å²) in [6, 6.07) is -0.213. The van der Waals surface area contributed by atoms with Crippen molar-refractivity contribution in [1.29, 1.82) is 0 Å². The second-order valence-corrected chi connectivity index (χ2v) is 6.45. The number of nitrogens with two attached hydrogens (primary N) is 1. The van der Waals surface area contributed by atoms with E-state index in [-0.39, 0.29) is 30.6 Å². The molecule has 138 valence electrons. The topological polar surface area (TPSA) is 136 Å². The predicted octanol–water partition coefficient (Wildman–Crippen LogP) is -0.740. The van der Waals surface area contributed by atoms with Crippen molar-refractivity contribution in [2.75, 3.05) is 26.2 Å². The minimum absolute atomic E-state index is 0.0160. The number of nitrogens with one attached hydrogen (secondary N) is 1. The maximum atomic E-state index is 12.7. The first-order valence-electron chi connectivity index (χ1n) is 8.74. The van der Waals surface area contributed by atoms with E-state index in [1.165, 1.54) is 0 Å². The van der Waals surface area contributed by atoms with Gasteiger partial charge >= 0.3 is 13.1 Å². The summed E-state index contributed by atoms with van der Waals surface area (Å²) >= 11 is 0. The Labute approximate surface area is 143 Å². The summed E-state index contributed by atoms with van der Waals surface area (Å²) in [5.74, 6) is -1.15. The molecule has 0 aliphatic carbocycles. The summed E-state index contributed by atoms with van der Waals surface area (Å²) in [7, 11) is -1.39. The van der Waals surface area contributed by atoms with E-state index in [9.17, 15) is 9.59 Å². The van der Waals surface area contributed by atoms with Crippen LogP contribution in [0.2, 0.25) is 6.32 Å². The minimum Gasteiger partial charge on any atom is -0.481 e. The smallest absolute Gasteiger partial charge is 0.451 e. The Hall–Kier alpha value is -1.16. The Balaban J connectivity index is 2.64. The van der Waals surface area contributed by atoms with Crippen LogP contribution in [-0.4, -0.2) is 71.3 Å². The van der Waals surface area contributed by atoms with Gasteiger partial charge in [0.1, 0.15) is 0 Å². The predicted molar refractivity (Wildman–Crippen MR) is 91.3 cm³/mol. The Morgan fingerprint density at radius 1 is 1.33 bits per heavy atom. The van der Waals surface area contributed by atoms with E-state index in [0.717, 1.165) is 25.8 Å². The van der Waals surface area contributed by atoms with E-state index in [4.69, 9.17) is 20.9 Å². The molecule has 2 atom stereocenters. The summed E-state index contributed by atoms with van der Waals surface area (Å²) in [4.78, 5) is 25.4. The van der Waals surface area contributed by atoms with Crippen molar-refractivity contribution in [2.24, 2.45) is 11.7 Å². The number of amides is 1. The number of aliphatic carboxylic acids is 1. The van der Waals surface area contributed by atoms with E-state index in [0.29, 0.717) is 32.5 Å². The molecule has 1 fully saturated rings. The van der Waals surface area contributed by atoms with Crippen molar-refractivity contribution in [2.45, 2.75) is 50.9 Å². The van der Waals surface area contributed by atoms with Crippen molar-refractivity contribution < 1.29 is 24.7 Å². The third-order valence-electron chi connectivity index (χ3n) is 4.34. The fraction of sp³-hybridized carbons (Fsp3) is 0.867. The number of rotatable bonds is 11. The third-order valence-corrected chi connectivity index (χ3v) is 4.34. The number of carboxylic acid groups (broad SMARTS) is 1. The Bertz CT molecular complexity index is 391. The number of piperidine rings is 1. The van der Waals surface area contributed by atoms with Crippen LogP contribution in [0.15, 0.2) is 0 Å². The highest BCUT2D eigenvalue weighted by Crippen LogP contribution is 2.18. The summed E-state index contributed by atoms with van der Waals surface area (Å²) in [6.45, 7) is 1.88. The van der Waals surface area contributed by atoms with Crippen molar-refractivity contribution >= 4 is 19.0 Å². The Morgan fingerprint density at radius 2 is 2.08 bits per heavy atom. The SMILES string of the molecule is NCCN(CC(CCCB(O)O)CC(=O)O)C(=O)[C@@H]1CCCCN1. The van der Waals surface area contributed by atoms with Gasteiger partial charge in [0.2, 0.25) is 5.91 Å². The van der Waals surface area contributed by atoms with Crippen LogP contribution in [0.3, 0.4) is 0 Å². The lowest BCUT2D eigenvalue weighted by Crippen LogP contribution is -2.51. The van der Waals surface area contributed by atoms with Crippen LogP contribution in [0.1, 0.15) is 38.5 Å². The largest absolute Gasteiger partial charge is 0.481 e. The van der Waals surface area contributed by atoms with E-state index in [2.05, 4.69) is 5.32 Å². The molecular weight excluding hydrogens is 313 g/mol. The lowest BCUT2D eigenvalue weighted by atomic mass is 9.81. The maximum absolute atomic E-state index is 12.7. The van der Waals surface area contributed by atoms with Gasteiger partial charge < -0.3 is 31.1 Å². The summed E-state index contributed by atoms with van der Waals surface area (Å²) < 4.78 is 0. The first-order chi connectivity index (χ1) is 11.4. The Kier molecular flexibility index (Phi) is 9.93. The molecule has 24 heavy (non-hydrogen) atoms. The second kappa shape index (κ2) is 11.4. The molecule has 8 nitrogen and oxygen atoms in total. The number of hydrogen-bond donors (Lipinski definition) is 5. The first-order valence-corrected chi connectivity index (χ1v) is 8.74.